The van der Waals surface area contributed by atoms with Gasteiger partial charge >= 0.3 is 0 Å². The third-order valence-electron chi connectivity index (χ3n) is 14.4. The number of aromatic nitrogens is 4. The Morgan fingerprint density at radius 1 is 0.313 bits per heavy atom. The highest BCUT2D eigenvalue weighted by Crippen LogP contribution is 2.45. The SMILES string of the molecule is CC(C)(Cc1ccc2[nH]c3ccccc3c2c1)N(c1ccc(C(C)(C)N(c2ccc3[nH]c4ccccc4c3c2)c2ccc3[nH]c4ccccc4c3c2)cc1)c1ccc2[nH]c3ccccc3c2c1. The number of nitrogens with zero attached hydrogens (tertiary/aromatic N) is 2. The van der Waals surface area contributed by atoms with Crippen LogP contribution in [-0.4, -0.2) is 25.5 Å². The van der Waals surface area contributed by atoms with Crippen LogP contribution >= 0.6 is 0 Å². The molecule has 6 heteroatoms. The fraction of sp³-hybridized carbons (Fsp3) is 0.115. The fourth-order valence-corrected chi connectivity index (χ4v) is 11.3. The topological polar surface area (TPSA) is 69.6 Å². The van der Waals surface area contributed by atoms with E-state index in [4.69, 9.17) is 0 Å². The number of aromatic amines is 4. The van der Waals surface area contributed by atoms with Gasteiger partial charge in [-0.3, -0.25) is 0 Å². The van der Waals surface area contributed by atoms with Crippen molar-refractivity contribution in [2.75, 3.05) is 9.80 Å². The molecule has 0 saturated heterocycles. The number of hydrogen-bond donors (Lipinski definition) is 4. The molecule has 4 N–H and O–H groups in total. The van der Waals surface area contributed by atoms with Crippen LogP contribution in [0.2, 0.25) is 0 Å². The van der Waals surface area contributed by atoms with Crippen LogP contribution in [0.4, 0.5) is 22.7 Å². The maximum absolute atomic E-state index is 3.66. The van der Waals surface area contributed by atoms with Gasteiger partial charge in [-0.2, -0.15) is 0 Å². The molecule has 4 aromatic heterocycles. The first kappa shape index (κ1) is 39.2. The number of fused-ring (bicyclic) bond motifs is 12. The van der Waals surface area contributed by atoms with Gasteiger partial charge < -0.3 is 29.7 Å². The molecule has 0 aliphatic carbocycles. The van der Waals surface area contributed by atoms with Gasteiger partial charge in [-0.15, -0.1) is 0 Å². The van der Waals surface area contributed by atoms with Gasteiger partial charge in [0, 0.05) is 116 Å². The van der Waals surface area contributed by atoms with E-state index in [1.807, 2.05) is 0 Å². The Morgan fingerprint density at radius 2 is 0.642 bits per heavy atom. The smallest absolute Gasteiger partial charge is 0.0646 e. The van der Waals surface area contributed by atoms with Gasteiger partial charge in [0.1, 0.15) is 0 Å². The van der Waals surface area contributed by atoms with Crippen molar-refractivity contribution < 1.29 is 0 Å². The molecule has 9 aromatic carbocycles. The highest BCUT2D eigenvalue weighted by molar-refractivity contribution is 6.11. The molecule has 13 aromatic rings. The summed E-state index contributed by atoms with van der Waals surface area (Å²) < 4.78 is 0. The predicted molar refractivity (Wildman–Crippen MR) is 285 cm³/mol. The van der Waals surface area contributed by atoms with Gasteiger partial charge in [0.2, 0.25) is 0 Å². The van der Waals surface area contributed by atoms with E-state index < -0.39 is 5.54 Å². The predicted octanol–water partition coefficient (Wildman–Crippen LogP) is 16.5. The summed E-state index contributed by atoms with van der Waals surface area (Å²) in [6.45, 7) is 9.48. The van der Waals surface area contributed by atoms with Crippen molar-refractivity contribution in [2.24, 2.45) is 0 Å². The Hall–Kier alpha value is -8.22. The lowest BCUT2D eigenvalue weighted by molar-refractivity contribution is 0.502. The summed E-state index contributed by atoms with van der Waals surface area (Å²) >= 11 is 0. The first-order valence-corrected chi connectivity index (χ1v) is 23.4. The summed E-state index contributed by atoms with van der Waals surface area (Å²) in [6.07, 6.45) is 0.835. The molecule has 0 bridgehead atoms. The van der Waals surface area contributed by atoms with E-state index in [1.165, 1.54) is 65.3 Å². The summed E-state index contributed by atoms with van der Waals surface area (Å²) in [4.78, 5) is 19.7. The second-order valence-corrected chi connectivity index (χ2v) is 19.5. The Kier molecular flexibility index (Phi) is 8.56. The number of benzene rings is 9. The zero-order valence-corrected chi connectivity index (χ0v) is 38.1. The third kappa shape index (κ3) is 6.31. The standard InChI is InChI=1S/C61H50N6/c1-60(2,37-38-21-29-56-48(33-38)44-13-5-9-17-52(44)62-56)66(41-26-30-57-49(34-41)45-14-6-10-18-53(45)63-57)40-24-22-39(23-25-40)61(3,4)67(42-27-31-58-50(35-42)46-15-7-11-19-54(46)64-58)43-28-32-59-51(36-43)47-16-8-12-20-55(47)65-59/h5-36,62-65H,37H2,1-4H3. The van der Waals surface area contributed by atoms with Gasteiger partial charge in [-0.25, -0.2) is 0 Å². The van der Waals surface area contributed by atoms with Crippen molar-refractivity contribution in [3.63, 3.8) is 0 Å². The van der Waals surface area contributed by atoms with Gasteiger partial charge in [0.05, 0.1) is 5.54 Å². The summed E-state index contributed by atoms with van der Waals surface area (Å²) in [7, 11) is 0. The van der Waals surface area contributed by atoms with E-state index in [0.717, 1.165) is 62.3 Å². The van der Waals surface area contributed by atoms with Crippen LogP contribution in [0, 0.1) is 0 Å². The Balaban J connectivity index is 0.941. The second kappa shape index (κ2) is 14.6. The molecule has 0 aliphatic heterocycles. The lowest BCUT2D eigenvalue weighted by Crippen LogP contribution is -2.43. The van der Waals surface area contributed by atoms with Crippen molar-refractivity contribution in [1.29, 1.82) is 0 Å². The fourth-order valence-electron chi connectivity index (χ4n) is 11.3. The van der Waals surface area contributed by atoms with Crippen LogP contribution in [0.5, 0.6) is 0 Å². The van der Waals surface area contributed by atoms with Gasteiger partial charge in [0.15, 0.2) is 0 Å². The Morgan fingerprint density at radius 3 is 1.06 bits per heavy atom. The third-order valence-corrected chi connectivity index (χ3v) is 14.4. The molecule has 6 nitrogen and oxygen atoms in total. The molecule has 13 rings (SSSR count). The van der Waals surface area contributed by atoms with Gasteiger partial charge in [-0.1, -0.05) is 91.0 Å². The van der Waals surface area contributed by atoms with Crippen LogP contribution in [0.15, 0.2) is 194 Å². The number of nitrogens with one attached hydrogen (secondary N) is 4. The normalized spacial score (nSPS) is 12.5. The van der Waals surface area contributed by atoms with E-state index in [1.54, 1.807) is 0 Å². The van der Waals surface area contributed by atoms with E-state index >= 15 is 0 Å². The zero-order valence-electron chi connectivity index (χ0n) is 38.1. The minimum Gasteiger partial charge on any atom is -0.355 e. The van der Waals surface area contributed by atoms with E-state index in [9.17, 15) is 0 Å². The molecule has 0 atom stereocenters. The number of rotatable bonds is 9. The molecule has 0 fully saturated rings. The van der Waals surface area contributed by atoms with Crippen molar-refractivity contribution >= 4 is 110 Å². The molecule has 0 radical (unpaired) electrons. The highest BCUT2D eigenvalue weighted by Gasteiger charge is 2.34. The number of anilines is 4. The van der Waals surface area contributed by atoms with Crippen LogP contribution in [-0.2, 0) is 12.0 Å². The average molecular weight is 867 g/mol. The van der Waals surface area contributed by atoms with E-state index in [2.05, 4.69) is 252 Å². The van der Waals surface area contributed by atoms with Crippen molar-refractivity contribution in [3.8, 4) is 0 Å². The summed E-state index contributed by atoms with van der Waals surface area (Å²) in [5, 5.41) is 9.86. The number of H-pyrrole nitrogens is 4. The van der Waals surface area contributed by atoms with E-state index in [0.29, 0.717) is 0 Å². The first-order chi connectivity index (χ1) is 32.7. The van der Waals surface area contributed by atoms with Crippen molar-refractivity contribution in [2.45, 2.75) is 45.2 Å². The van der Waals surface area contributed by atoms with Crippen LogP contribution in [0.3, 0.4) is 0 Å². The van der Waals surface area contributed by atoms with Crippen LogP contribution < -0.4 is 9.80 Å². The maximum atomic E-state index is 3.66. The highest BCUT2D eigenvalue weighted by atomic mass is 15.2. The van der Waals surface area contributed by atoms with Gasteiger partial charge in [-0.05, 0) is 148 Å². The molecule has 4 heterocycles. The summed E-state index contributed by atoms with van der Waals surface area (Å²) in [5.41, 5.74) is 15.4. The maximum Gasteiger partial charge on any atom is 0.0646 e. The van der Waals surface area contributed by atoms with Crippen molar-refractivity contribution in [3.05, 3.63) is 205 Å². The molecule has 0 saturated carbocycles. The number of para-hydroxylation sites is 4. The Labute approximate surface area is 388 Å². The van der Waals surface area contributed by atoms with Crippen molar-refractivity contribution in [1.82, 2.24) is 19.9 Å². The minimum absolute atomic E-state index is 0.327. The molecule has 0 amide bonds. The monoisotopic (exact) mass is 866 g/mol. The molecular formula is C61H50N6. The van der Waals surface area contributed by atoms with Crippen LogP contribution in [0.1, 0.15) is 38.8 Å². The first-order valence-electron chi connectivity index (χ1n) is 23.4. The van der Waals surface area contributed by atoms with Gasteiger partial charge in [0.25, 0.3) is 0 Å². The molecule has 67 heavy (non-hydrogen) atoms. The molecule has 0 unspecified atom stereocenters. The minimum atomic E-state index is -0.476. The number of hydrogen-bond acceptors (Lipinski definition) is 2. The largest absolute Gasteiger partial charge is 0.355 e. The second-order valence-electron chi connectivity index (χ2n) is 19.5. The van der Waals surface area contributed by atoms with E-state index in [-0.39, 0.29) is 5.54 Å². The Bertz CT molecular complexity index is 3930. The molecule has 324 valence electrons. The summed E-state index contributed by atoms with van der Waals surface area (Å²) in [6, 6.07) is 71.4. The lowest BCUT2D eigenvalue weighted by Gasteiger charge is -2.43. The molecular weight excluding hydrogens is 817 g/mol. The zero-order chi connectivity index (χ0) is 45.0. The molecule has 0 aliphatic rings. The molecule has 0 spiro atoms. The van der Waals surface area contributed by atoms with Crippen LogP contribution in [0.25, 0.3) is 87.2 Å². The average Bonchev–Trinajstić information content (AvgIpc) is 4.11. The lowest BCUT2D eigenvalue weighted by atomic mass is 9.88. The summed E-state index contributed by atoms with van der Waals surface area (Å²) in [5.74, 6) is 0. The quantitative estimate of drug-likeness (QED) is 0.117.